The highest BCUT2D eigenvalue weighted by Gasteiger charge is 2.39. The molecule has 2 unspecified atom stereocenters. The second kappa shape index (κ2) is 6.02. The Morgan fingerprint density at radius 1 is 1.30 bits per heavy atom. The van der Waals surface area contributed by atoms with Gasteiger partial charge in [-0.3, -0.25) is 4.79 Å². The number of nitrogens with one attached hydrogen (secondary N) is 1. The molecule has 2 fully saturated rings. The van der Waals surface area contributed by atoms with Gasteiger partial charge in [0, 0.05) is 25.6 Å². The predicted molar refractivity (Wildman–Crippen MR) is 76.3 cm³/mol. The molecule has 1 saturated heterocycles. The molecule has 1 heterocycles. The van der Waals surface area contributed by atoms with Gasteiger partial charge in [-0.05, 0) is 52.4 Å². The SMILES string of the molecule is CC(C)(C)OC(=O)NCCCC(=O)N1CC2CCC1C2. The standard InChI is InChI=1S/C15H26N2O3/c1-15(2,3)20-14(19)16-8-4-5-13(18)17-10-11-6-7-12(17)9-11/h11-12H,4-10H2,1-3H3,(H,16,19). The molecular weight excluding hydrogens is 256 g/mol. The number of rotatable bonds is 4. The number of ether oxygens (including phenoxy) is 1. The number of fused-ring (bicyclic) bond motifs is 2. The summed E-state index contributed by atoms with van der Waals surface area (Å²) >= 11 is 0. The van der Waals surface area contributed by atoms with E-state index >= 15 is 0 Å². The summed E-state index contributed by atoms with van der Waals surface area (Å²) in [6, 6.07) is 0.492. The van der Waals surface area contributed by atoms with Crippen LogP contribution in [0, 0.1) is 5.92 Å². The average Bonchev–Trinajstić information content (AvgIpc) is 2.94. The highest BCUT2D eigenvalue weighted by Crippen LogP contribution is 2.37. The molecule has 2 amide bonds. The van der Waals surface area contributed by atoms with E-state index in [9.17, 15) is 9.59 Å². The van der Waals surface area contributed by atoms with Crippen LogP contribution in [0.15, 0.2) is 0 Å². The Labute approximate surface area is 121 Å². The van der Waals surface area contributed by atoms with Crippen LogP contribution in [-0.2, 0) is 9.53 Å². The van der Waals surface area contributed by atoms with Crippen LogP contribution in [0.1, 0.15) is 52.9 Å². The highest BCUT2D eigenvalue weighted by molar-refractivity contribution is 5.77. The van der Waals surface area contributed by atoms with Gasteiger partial charge in [-0.25, -0.2) is 4.79 Å². The molecule has 1 aliphatic heterocycles. The van der Waals surface area contributed by atoms with E-state index in [4.69, 9.17) is 4.74 Å². The van der Waals surface area contributed by atoms with Crippen molar-refractivity contribution in [3.63, 3.8) is 0 Å². The Bertz CT molecular complexity index is 376. The number of hydrogen-bond acceptors (Lipinski definition) is 3. The molecule has 2 aliphatic rings. The molecule has 2 bridgehead atoms. The number of carbonyl (C=O) groups is 2. The lowest BCUT2D eigenvalue weighted by Crippen LogP contribution is -2.38. The lowest BCUT2D eigenvalue weighted by Gasteiger charge is -2.27. The summed E-state index contributed by atoms with van der Waals surface area (Å²) in [5.41, 5.74) is -0.477. The van der Waals surface area contributed by atoms with Crippen molar-refractivity contribution in [2.24, 2.45) is 5.92 Å². The molecule has 0 aromatic rings. The maximum absolute atomic E-state index is 12.1. The number of hydrogen-bond donors (Lipinski definition) is 1. The molecule has 1 aliphatic carbocycles. The van der Waals surface area contributed by atoms with Gasteiger partial charge in [0.25, 0.3) is 0 Å². The van der Waals surface area contributed by atoms with Crippen LogP contribution in [-0.4, -0.2) is 41.6 Å². The van der Waals surface area contributed by atoms with Crippen molar-refractivity contribution in [2.45, 2.75) is 64.5 Å². The minimum Gasteiger partial charge on any atom is -0.444 e. The predicted octanol–water partition coefficient (Wildman–Crippen LogP) is 2.30. The number of nitrogens with zero attached hydrogens (tertiary/aromatic N) is 1. The lowest BCUT2D eigenvalue weighted by atomic mass is 10.1. The summed E-state index contributed by atoms with van der Waals surface area (Å²) < 4.78 is 5.14. The molecular formula is C15H26N2O3. The first-order chi connectivity index (χ1) is 9.35. The molecule has 20 heavy (non-hydrogen) atoms. The quantitative estimate of drug-likeness (QED) is 0.805. The topological polar surface area (TPSA) is 58.6 Å². The molecule has 2 atom stereocenters. The number of piperidine rings is 1. The van der Waals surface area contributed by atoms with Crippen molar-refractivity contribution >= 4 is 12.0 Å². The number of likely N-dealkylation sites (tertiary alicyclic amines) is 1. The Balaban J connectivity index is 1.59. The molecule has 5 nitrogen and oxygen atoms in total. The minimum absolute atomic E-state index is 0.239. The lowest BCUT2D eigenvalue weighted by molar-refractivity contribution is -0.132. The van der Waals surface area contributed by atoms with Crippen molar-refractivity contribution < 1.29 is 14.3 Å². The monoisotopic (exact) mass is 282 g/mol. The Kier molecular flexibility index (Phi) is 4.55. The summed E-state index contributed by atoms with van der Waals surface area (Å²) in [6.07, 6.45) is 4.43. The van der Waals surface area contributed by atoms with E-state index in [0.29, 0.717) is 25.4 Å². The average molecular weight is 282 g/mol. The van der Waals surface area contributed by atoms with Gasteiger partial charge in [0.1, 0.15) is 5.60 Å². The zero-order chi connectivity index (χ0) is 14.8. The molecule has 0 aromatic carbocycles. The Morgan fingerprint density at radius 2 is 2.05 bits per heavy atom. The molecule has 0 spiro atoms. The van der Waals surface area contributed by atoms with E-state index in [1.807, 2.05) is 25.7 Å². The van der Waals surface area contributed by atoms with Gasteiger partial charge < -0.3 is 15.0 Å². The van der Waals surface area contributed by atoms with Crippen LogP contribution in [0.5, 0.6) is 0 Å². The third kappa shape index (κ3) is 4.12. The normalized spacial score (nSPS) is 24.9. The Morgan fingerprint density at radius 3 is 2.60 bits per heavy atom. The largest absolute Gasteiger partial charge is 0.444 e. The summed E-state index contributed by atoms with van der Waals surface area (Å²) in [6.45, 7) is 6.93. The van der Waals surface area contributed by atoms with E-state index in [1.54, 1.807) is 0 Å². The zero-order valence-corrected chi connectivity index (χ0v) is 12.8. The van der Waals surface area contributed by atoms with Crippen molar-refractivity contribution in [1.82, 2.24) is 10.2 Å². The van der Waals surface area contributed by atoms with Gasteiger partial charge in [0.05, 0.1) is 0 Å². The van der Waals surface area contributed by atoms with Crippen molar-refractivity contribution in [3.05, 3.63) is 0 Å². The maximum Gasteiger partial charge on any atom is 0.407 e. The van der Waals surface area contributed by atoms with Gasteiger partial charge >= 0.3 is 6.09 Å². The van der Waals surface area contributed by atoms with Crippen molar-refractivity contribution in [3.8, 4) is 0 Å². The first-order valence-electron chi connectivity index (χ1n) is 7.61. The first-order valence-corrected chi connectivity index (χ1v) is 7.61. The molecule has 5 heteroatoms. The maximum atomic E-state index is 12.1. The summed E-state index contributed by atoms with van der Waals surface area (Å²) in [5, 5.41) is 2.69. The van der Waals surface area contributed by atoms with Crippen LogP contribution in [0.25, 0.3) is 0 Å². The fraction of sp³-hybridized carbons (Fsp3) is 0.867. The summed E-state index contributed by atoms with van der Waals surface area (Å²) in [5.74, 6) is 0.979. The minimum atomic E-state index is -0.477. The first kappa shape index (κ1) is 15.1. The van der Waals surface area contributed by atoms with E-state index in [-0.39, 0.29) is 5.91 Å². The van der Waals surface area contributed by atoms with Crippen LogP contribution in [0.2, 0.25) is 0 Å². The molecule has 2 rings (SSSR count). The van der Waals surface area contributed by atoms with Gasteiger partial charge in [-0.2, -0.15) is 0 Å². The molecule has 114 valence electrons. The summed E-state index contributed by atoms with van der Waals surface area (Å²) in [7, 11) is 0. The molecule has 1 saturated carbocycles. The van der Waals surface area contributed by atoms with Crippen LogP contribution in [0.4, 0.5) is 4.79 Å². The highest BCUT2D eigenvalue weighted by atomic mass is 16.6. The van der Waals surface area contributed by atoms with Gasteiger partial charge in [-0.15, -0.1) is 0 Å². The molecule has 0 aromatic heterocycles. The molecule has 1 N–H and O–H groups in total. The van der Waals surface area contributed by atoms with Crippen LogP contribution in [0.3, 0.4) is 0 Å². The van der Waals surface area contributed by atoms with E-state index in [2.05, 4.69) is 5.32 Å². The van der Waals surface area contributed by atoms with Crippen LogP contribution >= 0.6 is 0 Å². The van der Waals surface area contributed by atoms with Crippen LogP contribution < -0.4 is 5.32 Å². The van der Waals surface area contributed by atoms with E-state index in [1.165, 1.54) is 19.3 Å². The van der Waals surface area contributed by atoms with Crippen molar-refractivity contribution in [2.75, 3.05) is 13.1 Å². The zero-order valence-electron chi connectivity index (χ0n) is 12.8. The number of alkyl carbamates (subject to hydrolysis) is 1. The van der Waals surface area contributed by atoms with Crippen molar-refractivity contribution in [1.29, 1.82) is 0 Å². The van der Waals surface area contributed by atoms with Gasteiger partial charge in [0.15, 0.2) is 0 Å². The third-order valence-corrected chi connectivity index (χ3v) is 3.97. The van der Waals surface area contributed by atoms with E-state index in [0.717, 1.165) is 12.5 Å². The smallest absolute Gasteiger partial charge is 0.407 e. The summed E-state index contributed by atoms with van der Waals surface area (Å²) in [4.78, 5) is 25.6. The second-order valence-corrected chi connectivity index (χ2v) is 6.91. The molecule has 0 radical (unpaired) electrons. The Hall–Kier alpha value is -1.26. The number of amides is 2. The number of carbonyl (C=O) groups excluding carboxylic acids is 2. The second-order valence-electron chi connectivity index (χ2n) is 6.91. The fourth-order valence-corrected chi connectivity index (χ4v) is 3.12. The van der Waals surface area contributed by atoms with Gasteiger partial charge in [-0.1, -0.05) is 0 Å². The van der Waals surface area contributed by atoms with E-state index < -0.39 is 11.7 Å². The van der Waals surface area contributed by atoms with Gasteiger partial charge in [0.2, 0.25) is 5.91 Å². The fourth-order valence-electron chi connectivity index (χ4n) is 3.12. The third-order valence-electron chi connectivity index (χ3n) is 3.97.